The first-order chi connectivity index (χ1) is 12.5. The highest BCUT2D eigenvalue weighted by Crippen LogP contribution is 2.41. The molecule has 1 aromatic rings. The van der Waals surface area contributed by atoms with Crippen molar-refractivity contribution < 1.29 is 9.53 Å². The van der Waals surface area contributed by atoms with Gasteiger partial charge in [-0.25, -0.2) is 0 Å². The summed E-state index contributed by atoms with van der Waals surface area (Å²) >= 11 is 0. The molecule has 3 rings (SSSR count). The number of nitrogens with one attached hydrogen (secondary N) is 1. The van der Waals surface area contributed by atoms with Crippen molar-refractivity contribution in [2.24, 2.45) is 23.5 Å². The molecular formula is C21H33N3O2. The number of likely N-dealkylation sites (N-methyl/N-ethyl adjacent to an activating group) is 1. The maximum absolute atomic E-state index is 12.6. The van der Waals surface area contributed by atoms with Gasteiger partial charge in [0.15, 0.2) is 0 Å². The highest BCUT2D eigenvalue weighted by atomic mass is 16.5. The van der Waals surface area contributed by atoms with E-state index >= 15 is 0 Å². The van der Waals surface area contributed by atoms with Gasteiger partial charge in [-0.3, -0.25) is 4.79 Å². The predicted molar refractivity (Wildman–Crippen MR) is 104 cm³/mol. The van der Waals surface area contributed by atoms with Crippen LogP contribution in [0.4, 0.5) is 0 Å². The Balaban J connectivity index is 1.44. The van der Waals surface area contributed by atoms with Crippen molar-refractivity contribution in [3.05, 3.63) is 29.8 Å². The van der Waals surface area contributed by atoms with Crippen LogP contribution in [-0.4, -0.2) is 44.1 Å². The Morgan fingerprint density at radius 2 is 1.85 bits per heavy atom. The van der Waals surface area contributed by atoms with E-state index in [-0.39, 0.29) is 11.8 Å². The van der Waals surface area contributed by atoms with E-state index in [2.05, 4.69) is 10.2 Å². The third-order valence-corrected chi connectivity index (χ3v) is 5.98. The summed E-state index contributed by atoms with van der Waals surface area (Å²) in [6, 6.07) is 8.31. The van der Waals surface area contributed by atoms with Gasteiger partial charge in [-0.05, 0) is 69.3 Å². The Hall–Kier alpha value is -1.59. The normalized spacial score (nSPS) is 28.0. The smallest absolute Gasteiger partial charge is 0.223 e. The Labute approximate surface area is 157 Å². The Bertz CT molecular complexity index is 573. The van der Waals surface area contributed by atoms with Gasteiger partial charge in [-0.1, -0.05) is 18.6 Å². The summed E-state index contributed by atoms with van der Waals surface area (Å²) in [5, 5.41) is 3.12. The van der Waals surface area contributed by atoms with Gasteiger partial charge in [0.25, 0.3) is 0 Å². The van der Waals surface area contributed by atoms with E-state index in [0.717, 1.165) is 30.7 Å². The minimum Gasteiger partial charge on any atom is -0.492 e. The number of carbonyl (C=O) groups excluding carboxylic acids is 1. The quantitative estimate of drug-likeness (QED) is 0.784. The zero-order chi connectivity index (χ0) is 18.5. The minimum atomic E-state index is 0.138. The number of benzene rings is 1. The molecule has 26 heavy (non-hydrogen) atoms. The molecule has 5 nitrogen and oxygen atoms in total. The first-order valence-electron chi connectivity index (χ1n) is 9.92. The highest BCUT2D eigenvalue weighted by molar-refractivity contribution is 5.78. The van der Waals surface area contributed by atoms with E-state index < -0.39 is 0 Å². The second kappa shape index (κ2) is 8.87. The molecule has 0 saturated heterocycles. The van der Waals surface area contributed by atoms with Crippen LogP contribution in [0.15, 0.2) is 24.3 Å². The first-order valence-corrected chi connectivity index (χ1v) is 9.92. The van der Waals surface area contributed by atoms with Crippen LogP contribution in [-0.2, 0) is 11.3 Å². The van der Waals surface area contributed by atoms with Crippen LogP contribution in [0, 0.1) is 17.8 Å². The summed E-state index contributed by atoms with van der Waals surface area (Å²) in [5.74, 6) is 2.28. The number of nitrogens with two attached hydrogens (primary N) is 1. The first kappa shape index (κ1) is 19.2. The van der Waals surface area contributed by atoms with Gasteiger partial charge in [-0.2, -0.15) is 0 Å². The highest BCUT2D eigenvalue weighted by Gasteiger charge is 2.40. The maximum atomic E-state index is 12.6. The summed E-state index contributed by atoms with van der Waals surface area (Å²) in [6.07, 6.45) is 5.58. The van der Waals surface area contributed by atoms with Crippen molar-refractivity contribution in [3.63, 3.8) is 0 Å². The van der Waals surface area contributed by atoms with E-state index in [4.69, 9.17) is 10.5 Å². The zero-order valence-electron chi connectivity index (χ0n) is 16.1. The van der Waals surface area contributed by atoms with Crippen LogP contribution in [0.2, 0.25) is 0 Å². The molecule has 2 aliphatic carbocycles. The minimum absolute atomic E-state index is 0.138. The number of carbonyl (C=O) groups is 1. The molecule has 1 aromatic carbocycles. The van der Waals surface area contributed by atoms with Crippen molar-refractivity contribution >= 4 is 5.91 Å². The fourth-order valence-corrected chi connectivity index (χ4v) is 4.39. The number of hydrogen-bond acceptors (Lipinski definition) is 4. The van der Waals surface area contributed by atoms with Crippen molar-refractivity contribution in [1.82, 2.24) is 10.2 Å². The Kier molecular flexibility index (Phi) is 6.54. The summed E-state index contributed by atoms with van der Waals surface area (Å²) in [5.41, 5.74) is 7.43. The van der Waals surface area contributed by atoms with Gasteiger partial charge >= 0.3 is 0 Å². The number of fused-ring (bicyclic) bond motifs is 2. The van der Waals surface area contributed by atoms with Crippen molar-refractivity contribution in [2.45, 2.75) is 44.7 Å². The van der Waals surface area contributed by atoms with Crippen LogP contribution in [0.1, 0.15) is 37.7 Å². The molecule has 2 aliphatic rings. The van der Waals surface area contributed by atoms with E-state index in [1.807, 2.05) is 38.4 Å². The lowest BCUT2D eigenvalue weighted by Crippen LogP contribution is -2.49. The molecule has 3 N–H and O–H groups in total. The van der Waals surface area contributed by atoms with Crippen molar-refractivity contribution in [3.8, 4) is 5.75 Å². The lowest BCUT2D eigenvalue weighted by atomic mass is 9.65. The number of nitrogens with zero attached hydrogens (tertiary/aromatic N) is 1. The van der Waals surface area contributed by atoms with Crippen molar-refractivity contribution in [2.75, 3.05) is 27.2 Å². The lowest BCUT2D eigenvalue weighted by molar-refractivity contribution is -0.128. The number of rotatable bonds is 7. The predicted octanol–water partition coefficient (Wildman–Crippen LogP) is 2.40. The van der Waals surface area contributed by atoms with Crippen LogP contribution >= 0.6 is 0 Å². The van der Waals surface area contributed by atoms with E-state index in [0.29, 0.717) is 31.0 Å². The van der Waals surface area contributed by atoms with Crippen molar-refractivity contribution in [1.29, 1.82) is 0 Å². The number of amides is 1. The van der Waals surface area contributed by atoms with E-state index in [1.165, 1.54) is 19.3 Å². The maximum Gasteiger partial charge on any atom is 0.223 e. The molecular weight excluding hydrogens is 326 g/mol. The summed E-state index contributed by atoms with van der Waals surface area (Å²) in [6.45, 7) is 2.15. The topological polar surface area (TPSA) is 67.6 Å². The molecule has 0 spiro atoms. The van der Waals surface area contributed by atoms with Gasteiger partial charge in [0, 0.05) is 25.0 Å². The van der Waals surface area contributed by atoms with Gasteiger partial charge in [-0.15, -0.1) is 0 Å². The number of hydrogen-bond donors (Lipinski definition) is 2. The fourth-order valence-electron chi connectivity index (χ4n) is 4.39. The summed E-state index contributed by atoms with van der Waals surface area (Å²) in [7, 11) is 4.06. The lowest BCUT2D eigenvalue weighted by Gasteiger charge is -2.43. The van der Waals surface area contributed by atoms with Crippen LogP contribution < -0.4 is 15.8 Å². The molecule has 2 unspecified atom stereocenters. The fraction of sp³-hybridized carbons (Fsp3) is 0.667. The monoisotopic (exact) mass is 359 g/mol. The van der Waals surface area contributed by atoms with Gasteiger partial charge in [0.05, 0.1) is 0 Å². The van der Waals surface area contributed by atoms with E-state index in [9.17, 15) is 4.79 Å². The molecule has 0 radical (unpaired) electrons. The largest absolute Gasteiger partial charge is 0.492 e. The standard InChI is InChI=1S/C21H33N3O2/c1-24(2)10-11-26-19-8-6-15(7-9-19)14-23-21(25)18-12-16-4-3-5-17(13-18)20(16)22/h6-9,16-18,20H,3-5,10-14,22H2,1-2H3,(H,23,25). The molecule has 2 atom stereocenters. The zero-order valence-corrected chi connectivity index (χ0v) is 16.1. The molecule has 0 aliphatic heterocycles. The average Bonchev–Trinajstić information content (AvgIpc) is 2.60. The van der Waals surface area contributed by atoms with Gasteiger partial charge < -0.3 is 20.7 Å². The van der Waals surface area contributed by atoms with Gasteiger partial charge in [0.1, 0.15) is 12.4 Å². The summed E-state index contributed by atoms with van der Waals surface area (Å²) in [4.78, 5) is 14.7. The third kappa shape index (κ3) is 4.98. The molecule has 2 fully saturated rings. The van der Waals surface area contributed by atoms with Crippen LogP contribution in [0.3, 0.4) is 0 Å². The second-order valence-electron chi connectivity index (χ2n) is 8.21. The van der Waals surface area contributed by atoms with E-state index in [1.54, 1.807) is 0 Å². The Morgan fingerprint density at radius 1 is 1.19 bits per heavy atom. The molecule has 1 amide bonds. The van der Waals surface area contributed by atoms with Crippen LogP contribution in [0.5, 0.6) is 5.75 Å². The molecule has 144 valence electrons. The molecule has 2 saturated carbocycles. The van der Waals surface area contributed by atoms with Gasteiger partial charge in [0.2, 0.25) is 5.91 Å². The number of ether oxygens (including phenoxy) is 1. The molecule has 0 heterocycles. The Morgan fingerprint density at radius 3 is 2.46 bits per heavy atom. The molecule has 2 bridgehead atoms. The average molecular weight is 360 g/mol. The van der Waals surface area contributed by atoms with Crippen LogP contribution in [0.25, 0.3) is 0 Å². The molecule has 0 aromatic heterocycles. The third-order valence-electron chi connectivity index (χ3n) is 5.98. The second-order valence-corrected chi connectivity index (χ2v) is 8.21. The SMILES string of the molecule is CN(C)CCOc1ccc(CNC(=O)C2CC3CCCC(C2)C3N)cc1. The summed E-state index contributed by atoms with van der Waals surface area (Å²) < 4.78 is 5.70. The molecule has 5 heteroatoms.